The summed E-state index contributed by atoms with van der Waals surface area (Å²) < 4.78 is 2.11. The number of rotatable bonds is 2. The van der Waals surface area contributed by atoms with Crippen LogP contribution in [0.5, 0.6) is 0 Å². The van der Waals surface area contributed by atoms with Gasteiger partial charge in [-0.1, -0.05) is 13.8 Å². The normalized spacial score (nSPS) is 16.3. The number of aromatic nitrogens is 3. The van der Waals surface area contributed by atoms with Gasteiger partial charge in [0.15, 0.2) is 5.78 Å². The summed E-state index contributed by atoms with van der Waals surface area (Å²) >= 11 is 1.57. The van der Waals surface area contributed by atoms with E-state index < -0.39 is 0 Å². The van der Waals surface area contributed by atoms with Crippen molar-refractivity contribution in [2.24, 2.45) is 5.41 Å². The average molecular weight is 323 g/mol. The lowest BCUT2D eigenvalue weighted by molar-refractivity contribution is 0.0911. The second-order valence-corrected chi connectivity index (χ2v) is 7.62. The number of thiazole rings is 1. The van der Waals surface area contributed by atoms with Crippen LogP contribution in [0.25, 0.3) is 16.3 Å². The van der Waals surface area contributed by atoms with E-state index in [4.69, 9.17) is 0 Å². The highest BCUT2D eigenvalue weighted by atomic mass is 32.1. The monoisotopic (exact) mass is 323 g/mol. The predicted molar refractivity (Wildman–Crippen MR) is 91.1 cm³/mol. The van der Waals surface area contributed by atoms with Crippen molar-refractivity contribution >= 4 is 17.1 Å². The molecule has 3 aromatic rings. The predicted octanol–water partition coefficient (Wildman–Crippen LogP) is 4.15. The van der Waals surface area contributed by atoms with Crippen molar-refractivity contribution in [2.75, 3.05) is 0 Å². The Hall–Kier alpha value is -2.27. The minimum absolute atomic E-state index is 0.0253. The van der Waals surface area contributed by atoms with Crippen LogP contribution in [-0.2, 0) is 6.42 Å². The van der Waals surface area contributed by atoms with Crippen molar-refractivity contribution in [3.05, 3.63) is 53.6 Å². The van der Waals surface area contributed by atoms with E-state index in [1.165, 1.54) is 0 Å². The van der Waals surface area contributed by atoms with E-state index >= 15 is 0 Å². The summed E-state index contributed by atoms with van der Waals surface area (Å²) in [7, 11) is 0. The molecule has 0 radical (unpaired) electrons. The van der Waals surface area contributed by atoms with Gasteiger partial charge in [0.05, 0.1) is 11.9 Å². The van der Waals surface area contributed by atoms with E-state index in [2.05, 4.69) is 28.4 Å². The fourth-order valence-corrected chi connectivity index (χ4v) is 3.97. The fourth-order valence-electron chi connectivity index (χ4n) is 3.32. The number of nitrogens with zero attached hydrogens (tertiary/aromatic N) is 3. The van der Waals surface area contributed by atoms with E-state index in [1.807, 2.05) is 29.9 Å². The third-order valence-electron chi connectivity index (χ3n) is 4.26. The van der Waals surface area contributed by atoms with Crippen molar-refractivity contribution in [1.82, 2.24) is 14.5 Å². The molecule has 1 aliphatic rings. The molecule has 3 aromatic heterocycles. The van der Waals surface area contributed by atoms with E-state index in [0.717, 1.165) is 33.9 Å². The van der Waals surface area contributed by atoms with Crippen LogP contribution in [0.2, 0.25) is 0 Å². The summed E-state index contributed by atoms with van der Waals surface area (Å²) in [5, 5.41) is 2.84. The Bertz CT molecular complexity index is 863. The molecule has 0 N–H and O–H groups in total. The summed E-state index contributed by atoms with van der Waals surface area (Å²) in [6, 6.07) is 3.94. The van der Waals surface area contributed by atoms with Gasteiger partial charge in [-0.3, -0.25) is 9.78 Å². The van der Waals surface area contributed by atoms with Gasteiger partial charge < -0.3 is 4.57 Å². The second kappa shape index (κ2) is 5.13. The zero-order chi connectivity index (χ0) is 16.0. The number of hydrogen-bond donors (Lipinski definition) is 0. The van der Waals surface area contributed by atoms with Crippen LogP contribution < -0.4 is 0 Å². The molecule has 0 saturated carbocycles. The second-order valence-electron chi connectivity index (χ2n) is 6.72. The number of carbonyl (C=O) groups excluding carboxylic acids is 1. The first-order chi connectivity index (χ1) is 11.1. The van der Waals surface area contributed by atoms with Gasteiger partial charge in [-0.25, -0.2) is 4.98 Å². The molecule has 0 aromatic carbocycles. The van der Waals surface area contributed by atoms with Crippen LogP contribution in [0.3, 0.4) is 0 Å². The molecule has 3 heterocycles. The molecule has 0 aliphatic heterocycles. The van der Waals surface area contributed by atoms with E-state index in [0.29, 0.717) is 6.42 Å². The van der Waals surface area contributed by atoms with Crippen molar-refractivity contribution in [3.8, 4) is 16.3 Å². The number of carbonyl (C=O) groups is 1. The maximum atomic E-state index is 12.8. The minimum Gasteiger partial charge on any atom is -0.318 e. The standard InChI is InChI=1S/C18H17N3OS/c1-18(2)8-14-16(15(22)9-18)13(17-20-6-7-23-17)11-21(14)12-4-3-5-19-10-12/h3-7,10-11H,8-9H2,1-2H3. The highest BCUT2D eigenvalue weighted by molar-refractivity contribution is 7.13. The molecule has 4 rings (SSSR count). The molecule has 4 nitrogen and oxygen atoms in total. The molecular formula is C18H17N3OS. The van der Waals surface area contributed by atoms with E-state index in [1.54, 1.807) is 23.7 Å². The first-order valence-electron chi connectivity index (χ1n) is 7.63. The highest BCUT2D eigenvalue weighted by Gasteiger charge is 2.36. The molecule has 1 aliphatic carbocycles. The number of fused-ring (bicyclic) bond motifs is 1. The lowest BCUT2D eigenvalue weighted by Gasteiger charge is -2.30. The van der Waals surface area contributed by atoms with Crippen LogP contribution in [-0.4, -0.2) is 20.3 Å². The Morgan fingerprint density at radius 3 is 2.83 bits per heavy atom. The Kier molecular flexibility index (Phi) is 3.20. The molecule has 5 heteroatoms. The van der Waals surface area contributed by atoms with Crippen LogP contribution in [0, 0.1) is 5.41 Å². The van der Waals surface area contributed by atoms with Crippen LogP contribution in [0.1, 0.15) is 36.3 Å². The molecule has 0 amide bonds. The summed E-state index contributed by atoms with van der Waals surface area (Å²) in [5.74, 6) is 0.212. The Balaban J connectivity index is 1.98. The summed E-state index contributed by atoms with van der Waals surface area (Å²) in [6.07, 6.45) is 8.86. The van der Waals surface area contributed by atoms with E-state index in [9.17, 15) is 4.79 Å². The molecule has 116 valence electrons. The van der Waals surface area contributed by atoms with Gasteiger partial charge in [0.1, 0.15) is 5.01 Å². The molecule has 0 spiro atoms. The molecule has 0 bridgehead atoms. The van der Waals surface area contributed by atoms with Crippen LogP contribution in [0.15, 0.2) is 42.3 Å². The summed E-state index contributed by atoms with van der Waals surface area (Å²) in [4.78, 5) is 21.4. The van der Waals surface area contributed by atoms with E-state index in [-0.39, 0.29) is 11.2 Å². The third kappa shape index (κ3) is 2.41. The van der Waals surface area contributed by atoms with Gasteiger partial charge in [-0.15, -0.1) is 11.3 Å². The Morgan fingerprint density at radius 2 is 2.13 bits per heavy atom. The van der Waals surface area contributed by atoms with Crippen molar-refractivity contribution in [3.63, 3.8) is 0 Å². The van der Waals surface area contributed by atoms with Gasteiger partial charge >= 0.3 is 0 Å². The number of ketones is 1. The lowest BCUT2D eigenvalue weighted by atomic mass is 9.75. The number of hydrogen-bond acceptors (Lipinski definition) is 4. The number of pyridine rings is 1. The van der Waals surface area contributed by atoms with Gasteiger partial charge in [-0.05, 0) is 24.0 Å². The molecule has 0 atom stereocenters. The fraction of sp³-hybridized carbons (Fsp3) is 0.278. The van der Waals surface area contributed by atoms with Gasteiger partial charge in [0.2, 0.25) is 0 Å². The topological polar surface area (TPSA) is 47.8 Å². The molecule has 0 saturated heterocycles. The highest BCUT2D eigenvalue weighted by Crippen LogP contribution is 2.41. The Morgan fingerprint density at radius 1 is 1.26 bits per heavy atom. The zero-order valence-corrected chi connectivity index (χ0v) is 13.9. The maximum Gasteiger partial charge on any atom is 0.165 e. The third-order valence-corrected chi connectivity index (χ3v) is 5.06. The first kappa shape index (κ1) is 14.3. The quantitative estimate of drug-likeness (QED) is 0.712. The van der Waals surface area contributed by atoms with Crippen molar-refractivity contribution in [1.29, 1.82) is 0 Å². The summed E-state index contributed by atoms with van der Waals surface area (Å²) in [6.45, 7) is 4.30. The minimum atomic E-state index is -0.0253. The summed E-state index contributed by atoms with van der Waals surface area (Å²) in [5.41, 5.74) is 3.81. The Labute approximate surface area is 138 Å². The largest absolute Gasteiger partial charge is 0.318 e. The average Bonchev–Trinajstić information content (AvgIpc) is 3.14. The molecular weight excluding hydrogens is 306 g/mol. The lowest BCUT2D eigenvalue weighted by Crippen LogP contribution is -2.28. The molecule has 0 fully saturated rings. The van der Waals surface area contributed by atoms with Crippen molar-refractivity contribution < 1.29 is 4.79 Å². The van der Waals surface area contributed by atoms with Crippen molar-refractivity contribution in [2.45, 2.75) is 26.7 Å². The van der Waals surface area contributed by atoms with Crippen LogP contribution in [0.4, 0.5) is 0 Å². The van der Waals surface area contributed by atoms with Gasteiger partial charge in [-0.2, -0.15) is 0 Å². The van der Waals surface area contributed by atoms with Gasteiger partial charge in [0.25, 0.3) is 0 Å². The zero-order valence-electron chi connectivity index (χ0n) is 13.1. The molecule has 0 unspecified atom stereocenters. The maximum absolute atomic E-state index is 12.8. The smallest absolute Gasteiger partial charge is 0.165 e. The SMILES string of the molecule is CC1(C)CC(=O)c2c(-c3nccs3)cn(-c3cccnc3)c2C1. The molecule has 23 heavy (non-hydrogen) atoms. The van der Waals surface area contributed by atoms with Crippen LogP contribution >= 0.6 is 11.3 Å². The van der Waals surface area contributed by atoms with Gasteiger partial charge in [0, 0.05) is 47.2 Å². The number of Topliss-reactive ketones (excluding diaryl/α,β-unsaturated/α-hetero) is 1. The first-order valence-corrected chi connectivity index (χ1v) is 8.51.